The summed E-state index contributed by atoms with van der Waals surface area (Å²) >= 11 is 0. The lowest BCUT2D eigenvalue weighted by atomic mass is 9.44. The lowest BCUT2D eigenvalue weighted by Gasteiger charge is -2.61. The number of rotatable bonds is 4. The Bertz CT molecular complexity index is 688. The Morgan fingerprint density at radius 3 is 2.38 bits per heavy atom. The van der Waals surface area contributed by atoms with Crippen molar-refractivity contribution in [2.45, 2.75) is 91.6 Å². The molecule has 4 fully saturated rings. The summed E-state index contributed by atoms with van der Waals surface area (Å²) in [5.74, 6) is 4.94. The molecule has 0 aromatic heterocycles. The van der Waals surface area contributed by atoms with Gasteiger partial charge in [-0.05, 0) is 117 Å². The Hall–Kier alpha value is -0.820. The lowest BCUT2D eigenvalue weighted by Crippen LogP contribution is -2.54. The molecule has 4 aliphatic rings. The molecule has 29 heavy (non-hydrogen) atoms. The third kappa shape index (κ3) is 3.50. The van der Waals surface area contributed by atoms with Gasteiger partial charge < -0.3 is 5.11 Å². The number of hydrogen-bond donors (Lipinski definition) is 1. The van der Waals surface area contributed by atoms with Crippen LogP contribution in [0.3, 0.4) is 0 Å². The van der Waals surface area contributed by atoms with Crippen molar-refractivity contribution in [3.63, 3.8) is 0 Å². The van der Waals surface area contributed by atoms with Gasteiger partial charge in [0.15, 0.2) is 0 Å². The Balaban J connectivity index is 1.51. The number of aliphatic hydroxyl groups excluding tert-OH is 1. The van der Waals surface area contributed by atoms with Gasteiger partial charge in [0.25, 0.3) is 0 Å². The number of allylic oxidation sites excluding steroid dienone is 4. The van der Waals surface area contributed by atoms with E-state index in [2.05, 4.69) is 46.1 Å². The molecule has 0 amide bonds. The molecule has 0 saturated heterocycles. The van der Waals surface area contributed by atoms with E-state index in [1.54, 1.807) is 0 Å². The molecule has 0 aromatic rings. The molecular weight excluding hydrogens is 352 g/mol. The zero-order chi connectivity index (χ0) is 21.0. The summed E-state index contributed by atoms with van der Waals surface area (Å²) in [4.78, 5) is 0. The van der Waals surface area contributed by atoms with Crippen LogP contribution in [-0.4, -0.2) is 11.2 Å². The van der Waals surface area contributed by atoms with Crippen LogP contribution in [0.4, 0.5) is 0 Å². The minimum atomic E-state index is -0.0315. The maximum absolute atomic E-state index is 10.3. The van der Waals surface area contributed by atoms with Crippen LogP contribution < -0.4 is 0 Å². The van der Waals surface area contributed by atoms with Gasteiger partial charge in [-0.25, -0.2) is 0 Å². The average Bonchev–Trinajstić information content (AvgIpc) is 3.03. The van der Waals surface area contributed by atoms with Crippen LogP contribution >= 0.6 is 0 Å². The molecule has 1 nitrogen and oxygen atoms in total. The predicted molar refractivity (Wildman–Crippen MR) is 123 cm³/mol. The molecule has 1 N–H and O–H groups in total. The molecule has 0 heterocycles. The monoisotopic (exact) mass is 396 g/mol. The number of hydrogen-bond acceptors (Lipinski definition) is 1. The molecule has 0 bridgehead atoms. The van der Waals surface area contributed by atoms with Crippen LogP contribution in [0.5, 0.6) is 0 Å². The summed E-state index contributed by atoms with van der Waals surface area (Å²) in [5, 5.41) is 10.3. The SMILES string of the molecule is C=C(C)C(=C)C=C[C@@H](C)[C@H]1CC[C@H]2[C@@H]3CCC4C[C@@H](O)CC[C@]4(C)[C@H]3CC[C@]12C. The first-order valence-corrected chi connectivity index (χ1v) is 12.4. The van der Waals surface area contributed by atoms with E-state index in [1.807, 2.05) is 6.92 Å². The fourth-order valence-corrected chi connectivity index (χ4v) is 8.68. The van der Waals surface area contributed by atoms with Crippen molar-refractivity contribution >= 4 is 0 Å². The van der Waals surface area contributed by atoms with E-state index in [1.165, 1.54) is 44.9 Å². The largest absolute Gasteiger partial charge is 0.393 e. The molecule has 0 radical (unpaired) electrons. The van der Waals surface area contributed by atoms with Crippen molar-refractivity contribution in [2.75, 3.05) is 0 Å². The molecule has 0 aliphatic heterocycles. The standard InChI is InChI=1S/C28H44O/c1-18(2)19(3)7-8-20(4)24-11-12-25-23-10-9-21-17-22(29)13-15-27(21,5)26(23)14-16-28(24,25)6/h7-8,20-26,29H,1,3,9-17H2,2,4-6H3/t20-,21?,22+,23+,24-,25+,26+,27+,28-/m1/s1. The van der Waals surface area contributed by atoms with Crippen molar-refractivity contribution in [3.8, 4) is 0 Å². The van der Waals surface area contributed by atoms with Gasteiger partial charge in [-0.2, -0.15) is 0 Å². The van der Waals surface area contributed by atoms with Gasteiger partial charge in [-0.15, -0.1) is 0 Å². The van der Waals surface area contributed by atoms with Crippen LogP contribution in [0, 0.1) is 46.3 Å². The van der Waals surface area contributed by atoms with E-state index in [0.717, 1.165) is 53.6 Å². The van der Waals surface area contributed by atoms with Crippen molar-refractivity contribution < 1.29 is 5.11 Å². The molecule has 1 heteroatoms. The van der Waals surface area contributed by atoms with Crippen molar-refractivity contribution in [2.24, 2.45) is 46.3 Å². The zero-order valence-electron chi connectivity index (χ0n) is 19.4. The zero-order valence-corrected chi connectivity index (χ0v) is 19.4. The molecule has 4 rings (SSSR count). The summed E-state index contributed by atoms with van der Waals surface area (Å²) in [6.45, 7) is 17.9. The van der Waals surface area contributed by atoms with Crippen molar-refractivity contribution in [3.05, 3.63) is 36.5 Å². The van der Waals surface area contributed by atoms with Gasteiger partial charge in [0, 0.05) is 0 Å². The van der Waals surface area contributed by atoms with Crippen LogP contribution in [-0.2, 0) is 0 Å². The topological polar surface area (TPSA) is 20.2 Å². The number of aliphatic hydroxyl groups is 1. The van der Waals surface area contributed by atoms with Gasteiger partial charge in [-0.3, -0.25) is 0 Å². The van der Waals surface area contributed by atoms with E-state index in [0.29, 0.717) is 16.7 Å². The third-order valence-electron chi connectivity index (χ3n) is 10.5. The van der Waals surface area contributed by atoms with E-state index in [4.69, 9.17) is 0 Å². The van der Waals surface area contributed by atoms with E-state index in [9.17, 15) is 5.11 Å². The third-order valence-corrected chi connectivity index (χ3v) is 10.5. The van der Waals surface area contributed by atoms with Gasteiger partial charge >= 0.3 is 0 Å². The second-order valence-electron chi connectivity index (χ2n) is 11.8. The summed E-state index contributed by atoms with van der Waals surface area (Å²) in [7, 11) is 0. The second kappa shape index (κ2) is 7.70. The summed E-state index contributed by atoms with van der Waals surface area (Å²) < 4.78 is 0. The van der Waals surface area contributed by atoms with Crippen LogP contribution in [0.15, 0.2) is 36.5 Å². The Morgan fingerprint density at radius 1 is 0.966 bits per heavy atom. The Labute approximate surface area is 179 Å². The summed E-state index contributed by atoms with van der Waals surface area (Å²) in [6.07, 6.45) is 16.4. The van der Waals surface area contributed by atoms with Crippen molar-refractivity contribution in [1.29, 1.82) is 0 Å². The molecule has 4 saturated carbocycles. The van der Waals surface area contributed by atoms with Crippen LogP contribution in [0.1, 0.15) is 85.5 Å². The first kappa shape index (κ1) is 21.4. The van der Waals surface area contributed by atoms with Gasteiger partial charge in [0.05, 0.1) is 6.10 Å². The highest BCUT2D eigenvalue weighted by atomic mass is 16.3. The van der Waals surface area contributed by atoms with E-state index in [-0.39, 0.29) is 6.10 Å². The smallest absolute Gasteiger partial charge is 0.0543 e. The number of fused-ring (bicyclic) bond motifs is 5. The first-order chi connectivity index (χ1) is 13.7. The highest BCUT2D eigenvalue weighted by Gasteiger charge is 2.60. The predicted octanol–water partition coefficient (Wildman–Crippen LogP) is 7.33. The minimum absolute atomic E-state index is 0.0315. The lowest BCUT2D eigenvalue weighted by molar-refractivity contribution is -0.128. The maximum atomic E-state index is 10.3. The van der Waals surface area contributed by atoms with Gasteiger partial charge in [0.2, 0.25) is 0 Å². The quantitative estimate of drug-likeness (QED) is 0.493. The fourth-order valence-electron chi connectivity index (χ4n) is 8.68. The molecular formula is C28H44O. The Kier molecular flexibility index (Phi) is 5.69. The molecule has 0 aromatic carbocycles. The van der Waals surface area contributed by atoms with E-state index < -0.39 is 0 Å². The molecule has 4 aliphatic carbocycles. The summed E-state index contributed by atoms with van der Waals surface area (Å²) in [5.41, 5.74) is 3.15. The minimum Gasteiger partial charge on any atom is -0.393 e. The highest BCUT2D eigenvalue weighted by Crippen LogP contribution is 2.68. The van der Waals surface area contributed by atoms with E-state index >= 15 is 0 Å². The Morgan fingerprint density at radius 2 is 1.66 bits per heavy atom. The molecule has 0 spiro atoms. The van der Waals surface area contributed by atoms with Gasteiger partial charge in [0.1, 0.15) is 0 Å². The average molecular weight is 397 g/mol. The molecule has 9 atom stereocenters. The maximum Gasteiger partial charge on any atom is 0.0543 e. The highest BCUT2D eigenvalue weighted by molar-refractivity contribution is 5.33. The van der Waals surface area contributed by atoms with Crippen LogP contribution in [0.25, 0.3) is 0 Å². The van der Waals surface area contributed by atoms with Gasteiger partial charge in [-0.1, -0.05) is 51.7 Å². The normalized spacial score (nSPS) is 47.9. The summed E-state index contributed by atoms with van der Waals surface area (Å²) in [6, 6.07) is 0. The molecule has 162 valence electrons. The first-order valence-electron chi connectivity index (χ1n) is 12.4. The fraction of sp³-hybridized carbons (Fsp3) is 0.786. The molecule has 1 unspecified atom stereocenters. The second-order valence-corrected chi connectivity index (χ2v) is 11.8. The van der Waals surface area contributed by atoms with Crippen molar-refractivity contribution in [1.82, 2.24) is 0 Å². The van der Waals surface area contributed by atoms with Crippen LogP contribution in [0.2, 0.25) is 0 Å².